The summed E-state index contributed by atoms with van der Waals surface area (Å²) in [6, 6.07) is 33.3. The smallest absolute Gasteiger partial charge is 0.285 e. The standard InChI is InChI=1S/C32H29Cl2N5O2S2/c33-26-15-13-25(14-16-26)30-29(24-11-5-2-6-12-24)22-39(37-30)32(38-43(40,41)28-19-17-27(34)18-20-28)36-31(35)42-21-7-10-23-8-3-1-4-9-23/h1-6,8-9,11-20,29H,7,10,21-22H2,(H2,35,36,38). The summed E-state index contributed by atoms with van der Waals surface area (Å²) in [7, 11) is -4.16. The van der Waals surface area contributed by atoms with Gasteiger partial charge in [0.1, 0.15) is 0 Å². The summed E-state index contributed by atoms with van der Waals surface area (Å²) in [6.45, 7) is 0.312. The number of hydrazone groups is 1. The molecule has 43 heavy (non-hydrogen) atoms. The highest BCUT2D eigenvalue weighted by Crippen LogP contribution is 2.30. The number of rotatable bonds is 8. The zero-order chi connectivity index (χ0) is 30.2. The molecule has 4 aromatic carbocycles. The van der Waals surface area contributed by atoms with Crippen molar-refractivity contribution in [3.63, 3.8) is 0 Å². The third-order valence-corrected chi connectivity index (χ3v) is 9.37. The predicted molar refractivity (Wildman–Crippen MR) is 179 cm³/mol. The average molecular weight is 651 g/mol. The molecule has 7 nitrogen and oxygen atoms in total. The van der Waals surface area contributed by atoms with Crippen LogP contribution < -0.4 is 5.73 Å². The average Bonchev–Trinajstić information content (AvgIpc) is 3.46. The minimum atomic E-state index is -4.16. The summed E-state index contributed by atoms with van der Waals surface area (Å²) in [5.74, 6) is 0.404. The van der Waals surface area contributed by atoms with Gasteiger partial charge in [0.05, 0.1) is 17.2 Å². The molecular formula is C32H29Cl2N5O2S2. The van der Waals surface area contributed by atoms with E-state index in [1.165, 1.54) is 46.6 Å². The SMILES string of the molecule is NC(=NC(=NS(=O)(=O)c1ccc(Cl)cc1)N1CC(c2ccccc2)C(c2ccc(Cl)cc2)=N1)SCCCc1ccccc1. The molecule has 220 valence electrons. The summed E-state index contributed by atoms with van der Waals surface area (Å²) in [4.78, 5) is 4.49. The molecule has 1 aliphatic heterocycles. The highest BCUT2D eigenvalue weighted by Gasteiger charge is 2.32. The number of thioether (sulfide) groups is 1. The van der Waals surface area contributed by atoms with Crippen LogP contribution in [0.5, 0.6) is 0 Å². The van der Waals surface area contributed by atoms with Gasteiger partial charge in [0.25, 0.3) is 16.0 Å². The summed E-state index contributed by atoms with van der Waals surface area (Å²) in [6.07, 6.45) is 1.77. The Kier molecular flexibility index (Phi) is 10.2. The first kappa shape index (κ1) is 30.8. The molecule has 0 amide bonds. The Morgan fingerprint density at radius 1 is 0.884 bits per heavy atom. The number of amidine groups is 1. The maximum absolute atomic E-state index is 13.4. The first-order valence-corrected chi connectivity index (χ1v) is 16.7. The molecule has 0 saturated heterocycles. The van der Waals surface area contributed by atoms with Crippen molar-refractivity contribution in [1.82, 2.24) is 5.01 Å². The molecule has 0 spiro atoms. The molecule has 4 aromatic rings. The van der Waals surface area contributed by atoms with Crippen LogP contribution in [0.1, 0.15) is 29.0 Å². The topological polar surface area (TPSA) is 100 Å². The Morgan fingerprint density at radius 3 is 2.14 bits per heavy atom. The molecular weight excluding hydrogens is 621 g/mol. The third kappa shape index (κ3) is 8.26. The Bertz CT molecular complexity index is 1730. The Morgan fingerprint density at radius 2 is 1.49 bits per heavy atom. The van der Waals surface area contributed by atoms with E-state index in [1.807, 2.05) is 60.7 Å². The minimum Gasteiger partial charge on any atom is -0.378 e. The lowest BCUT2D eigenvalue weighted by Gasteiger charge is -2.16. The molecule has 0 bridgehead atoms. The number of sulfonamides is 1. The van der Waals surface area contributed by atoms with E-state index in [0.29, 0.717) is 22.3 Å². The van der Waals surface area contributed by atoms with E-state index in [4.69, 9.17) is 34.0 Å². The van der Waals surface area contributed by atoms with Crippen LogP contribution in [0.15, 0.2) is 129 Å². The van der Waals surface area contributed by atoms with Crippen molar-refractivity contribution >= 4 is 61.8 Å². The lowest BCUT2D eigenvalue weighted by Crippen LogP contribution is -2.27. The van der Waals surface area contributed by atoms with Crippen LogP contribution in [-0.4, -0.2) is 42.6 Å². The van der Waals surface area contributed by atoms with Crippen LogP contribution in [0, 0.1) is 0 Å². The minimum absolute atomic E-state index is 0.0144. The van der Waals surface area contributed by atoms with E-state index >= 15 is 0 Å². The van der Waals surface area contributed by atoms with Crippen molar-refractivity contribution in [2.75, 3.05) is 12.3 Å². The normalized spacial score (nSPS) is 15.9. The second-order valence-electron chi connectivity index (χ2n) is 9.75. The van der Waals surface area contributed by atoms with Crippen molar-refractivity contribution in [2.24, 2.45) is 20.2 Å². The van der Waals surface area contributed by atoms with Crippen molar-refractivity contribution in [3.8, 4) is 0 Å². The van der Waals surface area contributed by atoms with E-state index in [9.17, 15) is 8.42 Å². The van der Waals surface area contributed by atoms with Crippen LogP contribution in [0.3, 0.4) is 0 Å². The summed E-state index contributed by atoms with van der Waals surface area (Å²) < 4.78 is 31.0. The molecule has 0 saturated carbocycles. The van der Waals surface area contributed by atoms with Gasteiger partial charge in [0, 0.05) is 21.7 Å². The summed E-state index contributed by atoms with van der Waals surface area (Å²) in [5, 5.41) is 7.57. The molecule has 1 heterocycles. The highest BCUT2D eigenvalue weighted by molar-refractivity contribution is 8.13. The Labute approximate surface area is 266 Å². The fourth-order valence-corrected chi connectivity index (χ4v) is 6.41. The molecule has 11 heteroatoms. The third-order valence-electron chi connectivity index (χ3n) is 6.71. The molecule has 1 atom stereocenters. The quantitative estimate of drug-likeness (QED) is 0.123. The van der Waals surface area contributed by atoms with E-state index in [-0.39, 0.29) is 21.9 Å². The van der Waals surface area contributed by atoms with Gasteiger partial charge in [-0.3, -0.25) is 0 Å². The summed E-state index contributed by atoms with van der Waals surface area (Å²) in [5.41, 5.74) is 10.2. The van der Waals surface area contributed by atoms with Gasteiger partial charge < -0.3 is 5.73 Å². The number of halogens is 2. The van der Waals surface area contributed by atoms with Crippen molar-refractivity contribution < 1.29 is 8.42 Å². The monoisotopic (exact) mass is 649 g/mol. The highest BCUT2D eigenvalue weighted by atomic mass is 35.5. The fourth-order valence-electron chi connectivity index (χ4n) is 4.58. The first-order valence-electron chi connectivity index (χ1n) is 13.6. The number of hydrogen-bond donors (Lipinski definition) is 1. The first-order chi connectivity index (χ1) is 20.8. The van der Waals surface area contributed by atoms with Crippen LogP contribution in [0.25, 0.3) is 0 Å². The molecule has 0 fully saturated rings. The van der Waals surface area contributed by atoms with E-state index in [2.05, 4.69) is 21.5 Å². The van der Waals surface area contributed by atoms with Crippen molar-refractivity contribution in [2.45, 2.75) is 23.7 Å². The number of nitrogens with two attached hydrogens (primary N) is 1. The Hall–Kier alpha value is -3.63. The van der Waals surface area contributed by atoms with Gasteiger partial charge in [-0.05, 0) is 65.9 Å². The molecule has 2 N–H and O–H groups in total. The summed E-state index contributed by atoms with van der Waals surface area (Å²) >= 11 is 13.5. The second-order valence-corrected chi connectivity index (χ2v) is 13.3. The maximum atomic E-state index is 13.4. The molecule has 0 aliphatic carbocycles. The lowest BCUT2D eigenvalue weighted by atomic mass is 9.91. The zero-order valence-electron chi connectivity index (χ0n) is 23.1. The lowest BCUT2D eigenvalue weighted by molar-refractivity contribution is 0.470. The second kappa shape index (κ2) is 14.2. The Balaban J connectivity index is 1.48. The van der Waals surface area contributed by atoms with Gasteiger partial charge in [-0.1, -0.05) is 108 Å². The van der Waals surface area contributed by atoms with E-state index in [1.54, 1.807) is 12.1 Å². The van der Waals surface area contributed by atoms with E-state index < -0.39 is 10.0 Å². The maximum Gasteiger partial charge on any atom is 0.285 e. The van der Waals surface area contributed by atoms with Gasteiger partial charge in [0.15, 0.2) is 5.17 Å². The van der Waals surface area contributed by atoms with Gasteiger partial charge in [-0.2, -0.15) is 18.5 Å². The van der Waals surface area contributed by atoms with Crippen LogP contribution in [0.2, 0.25) is 10.0 Å². The number of hydrogen-bond acceptors (Lipinski definition) is 4. The van der Waals surface area contributed by atoms with Gasteiger partial charge in [0.2, 0.25) is 0 Å². The number of aryl methyl sites for hydroxylation is 1. The fraction of sp³-hybridized carbons (Fsp3) is 0.156. The number of benzene rings is 4. The van der Waals surface area contributed by atoms with Crippen LogP contribution >= 0.6 is 35.0 Å². The molecule has 0 radical (unpaired) electrons. The molecule has 1 aliphatic rings. The van der Waals surface area contributed by atoms with Gasteiger partial charge >= 0.3 is 0 Å². The van der Waals surface area contributed by atoms with Gasteiger partial charge in [-0.15, -0.1) is 4.40 Å². The predicted octanol–water partition coefficient (Wildman–Crippen LogP) is 7.22. The van der Waals surface area contributed by atoms with E-state index in [0.717, 1.165) is 29.7 Å². The number of guanidine groups is 1. The largest absolute Gasteiger partial charge is 0.378 e. The van der Waals surface area contributed by atoms with Crippen LogP contribution in [0.4, 0.5) is 0 Å². The number of aliphatic imine (C=N–C) groups is 1. The zero-order valence-corrected chi connectivity index (χ0v) is 26.2. The molecule has 0 aromatic heterocycles. The molecule has 1 unspecified atom stereocenters. The van der Waals surface area contributed by atoms with Gasteiger partial charge in [-0.25, -0.2) is 5.01 Å². The van der Waals surface area contributed by atoms with Crippen LogP contribution in [-0.2, 0) is 16.4 Å². The van der Waals surface area contributed by atoms with Crippen molar-refractivity contribution in [3.05, 3.63) is 136 Å². The number of nitrogens with zero attached hydrogens (tertiary/aromatic N) is 4. The van der Waals surface area contributed by atoms with Crippen molar-refractivity contribution in [1.29, 1.82) is 0 Å². The molecule has 5 rings (SSSR count).